The number of piperazine rings is 1. The predicted molar refractivity (Wildman–Crippen MR) is 121 cm³/mol. The molecule has 0 spiro atoms. The van der Waals surface area contributed by atoms with Gasteiger partial charge in [0.05, 0.1) is 11.6 Å². The van der Waals surface area contributed by atoms with Crippen molar-refractivity contribution < 1.29 is 13.9 Å². The van der Waals surface area contributed by atoms with Crippen molar-refractivity contribution in [3.05, 3.63) is 59.4 Å². The Morgan fingerprint density at radius 1 is 1.03 bits per heavy atom. The SMILES string of the molecule is CCN(CC)C(=O)C(C)N1CCN(C2=Cc3c(F)cccc3Oc3ccccc32)CC1. The van der Waals surface area contributed by atoms with Crippen LogP contribution in [0.2, 0.25) is 0 Å². The van der Waals surface area contributed by atoms with Gasteiger partial charge in [0.1, 0.15) is 17.3 Å². The number of halogens is 1. The molecule has 0 saturated carbocycles. The Balaban J connectivity index is 1.57. The van der Waals surface area contributed by atoms with Gasteiger partial charge in [-0.1, -0.05) is 18.2 Å². The van der Waals surface area contributed by atoms with Crippen molar-refractivity contribution >= 4 is 17.7 Å². The Morgan fingerprint density at radius 3 is 2.42 bits per heavy atom. The Hall–Kier alpha value is -2.86. The minimum atomic E-state index is -0.292. The largest absolute Gasteiger partial charge is 0.456 e. The molecule has 2 aromatic carbocycles. The van der Waals surface area contributed by atoms with Crippen molar-refractivity contribution in [3.8, 4) is 11.5 Å². The summed E-state index contributed by atoms with van der Waals surface area (Å²) in [7, 11) is 0. The number of hydrogen-bond donors (Lipinski definition) is 0. The van der Waals surface area contributed by atoms with Gasteiger partial charge in [0.15, 0.2) is 0 Å². The minimum Gasteiger partial charge on any atom is -0.456 e. The molecule has 1 atom stereocenters. The lowest BCUT2D eigenvalue weighted by Gasteiger charge is -2.40. The Labute approximate surface area is 183 Å². The summed E-state index contributed by atoms with van der Waals surface area (Å²) in [6.07, 6.45) is 1.90. The minimum absolute atomic E-state index is 0.140. The van der Waals surface area contributed by atoms with Crippen LogP contribution in [0.4, 0.5) is 4.39 Å². The zero-order valence-electron chi connectivity index (χ0n) is 18.5. The van der Waals surface area contributed by atoms with Gasteiger partial charge in [-0.25, -0.2) is 4.39 Å². The number of carbonyl (C=O) groups excluding carboxylic acids is 1. The van der Waals surface area contributed by atoms with E-state index >= 15 is 0 Å². The van der Waals surface area contributed by atoms with Gasteiger partial charge < -0.3 is 14.5 Å². The molecule has 6 heteroatoms. The Bertz CT molecular complexity index is 978. The number of amides is 1. The summed E-state index contributed by atoms with van der Waals surface area (Å²) in [6.45, 7) is 10.6. The van der Waals surface area contributed by atoms with Gasteiger partial charge in [-0.15, -0.1) is 0 Å². The van der Waals surface area contributed by atoms with E-state index in [2.05, 4.69) is 9.80 Å². The Morgan fingerprint density at radius 2 is 1.71 bits per heavy atom. The second kappa shape index (κ2) is 9.10. The van der Waals surface area contributed by atoms with E-state index in [1.807, 2.05) is 56.0 Å². The number of hydrogen-bond acceptors (Lipinski definition) is 4. The summed E-state index contributed by atoms with van der Waals surface area (Å²) >= 11 is 0. The molecular weight excluding hydrogens is 393 g/mol. The molecule has 0 aliphatic carbocycles. The summed E-state index contributed by atoms with van der Waals surface area (Å²) in [5, 5.41) is 0. The van der Waals surface area contributed by atoms with Gasteiger partial charge in [-0.05, 0) is 51.1 Å². The lowest BCUT2D eigenvalue weighted by Crippen LogP contribution is -2.54. The molecule has 1 saturated heterocycles. The highest BCUT2D eigenvalue weighted by Gasteiger charge is 2.30. The first-order chi connectivity index (χ1) is 15.0. The normalized spacial score (nSPS) is 17.0. The van der Waals surface area contributed by atoms with E-state index in [4.69, 9.17) is 4.74 Å². The highest BCUT2D eigenvalue weighted by atomic mass is 19.1. The maximum atomic E-state index is 14.6. The van der Waals surface area contributed by atoms with E-state index in [0.29, 0.717) is 11.3 Å². The van der Waals surface area contributed by atoms with Gasteiger partial charge in [0.25, 0.3) is 0 Å². The number of nitrogens with zero attached hydrogens (tertiary/aromatic N) is 3. The third-order valence-electron chi connectivity index (χ3n) is 6.31. The number of carbonyl (C=O) groups is 1. The van der Waals surface area contributed by atoms with Crippen LogP contribution in [0.3, 0.4) is 0 Å². The lowest BCUT2D eigenvalue weighted by atomic mass is 10.1. The standard InChI is InChI=1S/C25H30FN3O2/c1-4-27(5-2)25(30)18(3)28-13-15-29(16-14-28)22-17-20-21(26)10-8-12-24(20)31-23-11-7-6-9-19(22)23/h6-12,17-18H,4-5,13-16H2,1-3H3. The van der Waals surface area contributed by atoms with Crippen molar-refractivity contribution in [1.82, 2.24) is 14.7 Å². The van der Waals surface area contributed by atoms with Crippen LogP contribution in [0.1, 0.15) is 31.9 Å². The molecule has 2 heterocycles. The molecule has 164 valence electrons. The summed E-state index contributed by atoms with van der Waals surface area (Å²) in [5.74, 6) is 1.15. The topological polar surface area (TPSA) is 36.0 Å². The zero-order valence-corrected chi connectivity index (χ0v) is 18.5. The summed E-state index contributed by atoms with van der Waals surface area (Å²) in [5.41, 5.74) is 2.39. The third kappa shape index (κ3) is 4.17. The van der Waals surface area contributed by atoms with Crippen LogP contribution < -0.4 is 4.74 Å². The van der Waals surface area contributed by atoms with Crippen LogP contribution in [0, 0.1) is 5.82 Å². The smallest absolute Gasteiger partial charge is 0.239 e. The van der Waals surface area contributed by atoms with Gasteiger partial charge >= 0.3 is 0 Å². The monoisotopic (exact) mass is 423 g/mol. The first-order valence-corrected chi connectivity index (χ1v) is 11.1. The van der Waals surface area contributed by atoms with Crippen molar-refractivity contribution in [3.63, 3.8) is 0 Å². The van der Waals surface area contributed by atoms with E-state index < -0.39 is 0 Å². The quantitative estimate of drug-likeness (QED) is 0.718. The van der Waals surface area contributed by atoms with Crippen LogP contribution >= 0.6 is 0 Å². The van der Waals surface area contributed by atoms with Crippen molar-refractivity contribution in [1.29, 1.82) is 0 Å². The van der Waals surface area contributed by atoms with Gasteiger partial charge in [-0.2, -0.15) is 0 Å². The molecule has 5 nitrogen and oxygen atoms in total. The van der Waals surface area contributed by atoms with Crippen LogP contribution in [0.25, 0.3) is 11.8 Å². The average Bonchev–Trinajstić information content (AvgIpc) is 2.97. The fourth-order valence-electron chi connectivity index (χ4n) is 4.41. The van der Waals surface area contributed by atoms with Crippen molar-refractivity contribution in [2.45, 2.75) is 26.8 Å². The third-order valence-corrected chi connectivity index (χ3v) is 6.31. The number of ether oxygens (including phenoxy) is 1. The maximum Gasteiger partial charge on any atom is 0.239 e. The first-order valence-electron chi connectivity index (χ1n) is 11.1. The molecule has 4 rings (SSSR count). The highest BCUT2D eigenvalue weighted by Crippen LogP contribution is 2.40. The molecule has 1 fully saturated rings. The molecule has 2 aliphatic rings. The van der Waals surface area contributed by atoms with Crippen LogP contribution in [-0.4, -0.2) is 65.9 Å². The van der Waals surface area contributed by atoms with Crippen molar-refractivity contribution in [2.24, 2.45) is 0 Å². The molecule has 2 aromatic rings. The van der Waals surface area contributed by atoms with Crippen molar-refractivity contribution in [2.75, 3.05) is 39.3 Å². The summed E-state index contributed by atoms with van der Waals surface area (Å²) in [4.78, 5) is 19.2. The molecule has 0 aromatic heterocycles. The van der Waals surface area contributed by atoms with Gasteiger partial charge in [0, 0.05) is 50.5 Å². The molecule has 0 radical (unpaired) electrons. The molecule has 1 unspecified atom stereocenters. The van der Waals surface area contributed by atoms with Gasteiger partial charge in [0.2, 0.25) is 5.91 Å². The number of para-hydroxylation sites is 1. The average molecular weight is 424 g/mol. The van der Waals surface area contributed by atoms with E-state index in [9.17, 15) is 9.18 Å². The van der Waals surface area contributed by atoms with E-state index in [1.54, 1.807) is 12.1 Å². The maximum absolute atomic E-state index is 14.6. The molecule has 0 bridgehead atoms. The summed E-state index contributed by atoms with van der Waals surface area (Å²) < 4.78 is 20.7. The van der Waals surface area contributed by atoms with Crippen LogP contribution in [-0.2, 0) is 4.79 Å². The number of likely N-dealkylation sites (N-methyl/N-ethyl adjacent to an activating group) is 1. The highest BCUT2D eigenvalue weighted by molar-refractivity contribution is 5.86. The van der Waals surface area contributed by atoms with Crippen LogP contribution in [0.15, 0.2) is 42.5 Å². The molecule has 1 amide bonds. The van der Waals surface area contributed by atoms with E-state index in [1.165, 1.54) is 6.07 Å². The number of benzene rings is 2. The van der Waals surface area contributed by atoms with Crippen LogP contribution in [0.5, 0.6) is 11.5 Å². The summed E-state index contributed by atoms with van der Waals surface area (Å²) in [6, 6.07) is 12.6. The number of fused-ring (bicyclic) bond motifs is 2. The number of rotatable bonds is 5. The van der Waals surface area contributed by atoms with Gasteiger partial charge in [-0.3, -0.25) is 9.69 Å². The predicted octanol–water partition coefficient (Wildman–Crippen LogP) is 4.30. The first kappa shape index (κ1) is 21.4. The Kier molecular flexibility index (Phi) is 6.28. The lowest BCUT2D eigenvalue weighted by molar-refractivity contribution is -0.136. The molecule has 31 heavy (non-hydrogen) atoms. The fourth-order valence-corrected chi connectivity index (χ4v) is 4.41. The second-order valence-electron chi connectivity index (χ2n) is 7.99. The molecular formula is C25H30FN3O2. The van der Waals surface area contributed by atoms with E-state index in [-0.39, 0.29) is 17.8 Å². The fraction of sp³-hybridized carbons (Fsp3) is 0.400. The zero-order chi connectivity index (χ0) is 22.0. The second-order valence-corrected chi connectivity index (χ2v) is 7.99. The molecule has 2 aliphatic heterocycles. The van der Waals surface area contributed by atoms with E-state index in [0.717, 1.165) is 56.3 Å². The molecule has 0 N–H and O–H groups in total.